The number of rotatable bonds is 5. The molecule has 2 heteroatoms. The zero-order valence-corrected chi connectivity index (χ0v) is 28.4. The zero-order valence-electron chi connectivity index (χ0n) is 28.4. The van der Waals surface area contributed by atoms with Crippen LogP contribution in [0.25, 0.3) is 98.7 Å². The van der Waals surface area contributed by atoms with Crippen molar-refractivity contribution in [2.45, 2.75) is 0 Å². The maximum absolute atomic E-state index is 4.37. The quantitative estimate of drug-likeness (QED) is 0.172. The molecule has 0 spiro atoms. The molecule has 52 heavy (non-hydrogen) atoms. The normalized spacial score (nSPS) is 11.5. The number of aromatic nitrogens is 2. The van der Waals surface area contributed by atoms with E-state index in [0.29, 0.717) is 0 Å². The lowest BCUT2D eigenvalue weighted by Crippen LogP contribution is -1.93. The summed E-state index contributed by atoms with van der Waals surface area (Å²) in [6.07, 6.45) is 5.42. The largest absolute Gasteiger partial charge is 0.244 e. The van der Waals surface area contributed by atoms with Crippen LogP contribution in [0.5, 0.6) is 0 Å². The van der Waals surface area contributed by atoms with Gasteiger partial charge in [0.15, 0.2) is 0 Å². The highest BCUT2D eigenvalue weighted by Crippen LogP contribution is 2.47. The Bertz CT molecular complexity index is 2860. The molecule has 242 valence electrons. The fourth-order valence-corrected chi connectivity index (χ4v) is 8.20. The van der Waals surface area contributed by atoms with Crippen molar-refractivity contribution in [2.24, 2.45) is 0 Å². The second-order valence-electron chi connectivity index (χ2n) is 13.3. The average molecular weight is 661 g/mol. The standard InChI is InChI=1S/C50H32N2/c1-3-13-33(14-4-1)37-27-28-45-46(29-37)49(34-15-5-2-6-16-34)42-20-10-7-17-39(42)48(45)36-25-23-35(24-26-36)47-40-18-8-11-21-43(40)50(38-30-51-32-52-31-38)44-22-12-9-19-41(44)47/h1-32H. The monoisotopic (exact) mass is 660 g/mol. The van der Waals surface area contributed by atoms with E-state index in [2.05, 4.69) is 186 Å². The first kappa shape index (κ1) is 30.0. The summed E-state index contributed by atoms with van der Waals surface area (Å²) in [4.78, 5) is 8.74. The van der Waals surface area contributed by atoms with Gasteiger partial charge in [-0.1, -0.05) is 170 Å². The molecule has 10 rings (SSSR count). The van der Waals surface area contributed by atoms with Crippen LogP contribution in [0.2, 0.25) is 0 Å². The van der Waals surface area contributed by atoms with Gasteiger partial charge in [0.05, 0.1) is 0 Å². The van der Waals surface area contributed by atoms with Gasteiger partial charge in [-0.25, -0.2) is 9.97 Å². The minimum absolute atomic E-state index is 1.02. The van der Waals surface area contributed by atoms with Gasteiger partial charge in [0.2, 0.25) is 0 Å². The Balaban J connectivity index is 1.21. The molecule has 0 aliphatic heterocycles. The summed E-state index contributed by atoms with van der Waals surface area (Å²) < 4.78 is 0. The maximum atomic E-state index is 4.37. The zero-order chi connectivity index (χ0) is 34.4. The SMILES string of the molecule is c1ccc(-c2ccc3c(-c4ccc(-c5c6ccccc6c(-c6cncnc6)c6ccccc56)cc4)c4ccccc4c(-c4ccccc4)c3c2)cc1. The fourth-order valence-electron chi connectivity index (χ4n) is 8.20. The Kier molecular flexibility index (Phi) is 7.18. The molecule has 0 fully saturated rings. The molecule has 0 aliphatic carbocycles. The van der Waals surface area contributed by atoms with Gasteiger partial charge in [-0.15, -0.1) is 0 Å². The molecule has 0 unspecified atom stereocenters. The summed E-state index contributed by atoms with van der Waals surface area (Å²) in [5.74, 6) is 0. The number of fused-ring (bicyclic) bond motifs is 4. The molecule has 1 heterocycles. The minimum Gasteiger partial charge on any atom is -0.244 e. The Hall–Kier alpha value is -6.90. The summed E-state index contributed by atoms with van der Waals surface area (Å²) in [6.45, 7) is 0. The van der Waals surface area contributed by atoms with E-state index in [0.717, 1.165) is 5.56 Å². The lowest BCUT2D eigenvalue weighted by molar-refractivity contribution is 1.17. The van der Waals surface area contributed by atoms with Crippen LogP contribution in [0.3, 0.4) is 0 Å². The van der Waals surface area contributed by atoms with Crippen molar-refractivity contribution < 1.29 is 0 Å². The number of benzene rings is 9. The Labute approximate surface area is 302 Å². The summed E-state index contributed by atoms with van der Waals surface area (Å²) in [7, 11) is 0. The van der Waals surface area contributed by atoms with Gasteiger partial charge >= 0.3 is 0 Å². The molecule has 0 saturated heterocycles. The molecular weight excluding hydrogens is 629 g/mol. The molecule has 0 saturated carbocycles. The Morgan fingerprint density at radius 1 is 0.231 bits per heavy atom. The summed E-state index contributed by atoms with van der Waals surface area (Å²) in [5, 5.41) is 9.81. The van der Waals surface area contributed by atoms with Crippen LogP contribution in [-0.4, -0.2) is 9.97 Å². The molecule has 0 radical (unpaired) electrons. The highest BCUT2D eigenvalue weighted by atomic mass is 14.8. The van der Waals surface area contributed by atoms with E-state index in [4.69, 9.17) is 0 Å². The van der Waals surface area contributed by atoms with E-state index < -0.39 is 0 Å². The highest BCUT2D eigenvalue weighted by molar-refractivity contribution is 6.23. The van der Waals surface area contributed by atoms with E-state index in [9.17, 15) is 0 Å². The fraction of sp³-hybridized carbons (Fsp3) is 0. The van der Waals surface area contributed by atoms with Crippen LogP contribution in [0.1, 0.15) is 0 Å². The first-order chi connectivity index (χ1) is 25.8. The predicted octanol–water partition coefficient (Wildman–Crippen LogP) is 13.4. The van der Waals surface area contributed by atoms with Crippen LogP contribution in [0.15, 0.2) is 195 Å². The van der Waals surface area contributed by atoms with Crippen molar-refractivity contribution >= 4 is 43.1 Å². The third-order valence-electron chi connectivity index (χ3n) is 10.4. The van der Waals surface area contributed by atoms with Crippen LogP contribution >= 0.6 is 0 Å². The molecule has 0 bridgehead atoms. The lowest BCUT2D eigenvalue weighted by atomic mass is 9.84. The molecule has 0 N–H and O–H groups in total. The van der Waals surface area contributed by atoms with Gasteiger partial charge in [0.25, 0.3) is 0 Å². The van der Waals surface area contributed by atoms with Crippen molar-refractivity contribution in [1.82, 2.24) is 9.97 Å². The average Bonchev–Trinajstić information content (AvgIpc) is 3.22. The molecule has 10 aromatic rings. The molecule has 9 aromatic carbocycles. The van der Waals surface area contributed by atoms with Crippen molar-refractivity contribution in [2.75, 3.05) is 0 Å². The summed E-state index contributed by atoms with van der Waals surface area (Å²) >= 11 is 0. The van der Waals surface area contributed by atoms with Crippen LogP contribution in [-0.2, 0) is 0 Å². The van der Waals surface area contributed by atoms with Gasteiger partial charge in [-0.05, 0) is 93.7 Å². The van der Waals surface area contributed by atoms with Crippen molar-refractivity contribution in [3.63, 3.8) is 0 Å². The number of hydrogen-bond donors (Lipinski definition) is 0. The van der Waals surface area contributed by atoms with Crippen LogP contribution in [0.4, 0.5) is 0 Å². The third-order valence-corrected chi connectivity index (χ3v) is 10.4. The smallest absolute Gasteiger partial charge is 0.115 e. The second kappa shape index (κ2) is 12.5. The first-order valence-electron chi connectivity index (χ1n) is 17.7. The second-order valence-corrected chi connectivity index (χ2v) is 13.3. The molecular formula is C50H32N2. The lowest BCUT2D eigenvalue weighted by Gasteiger charge is -2.19. The Morgan fingerprint density at radius 2 is 0.558 bits per heavy atom. The highest BCUT2D eigenvalue weighted by Gasteiger charge is 2.19. The molecule has 0 aliphatic rings. The van der Waals surface area contributed by atoms with Gasteiger partial charge < -0.3 is 0 Å². The van der Waals surface area contributed by atoms with Gasteiger partial charge in [-0.3, -0.25) is 0 Å². The molecule has 0 amide bonds. The van der Waals surface area contributed by atoms with E-state index in [1.165, 1.54) is 93.2 Å². The van der Waals surface area contributed by atoms with Gasteiger partial charge in [0, 0.05) is 23.5 Å². The van der Waals surface area contributed by atoms with E-state index in [1.807, 2.05) is 12.4 Å². The van der Waals surface area contributed by atoms with E-state index in [-0.39, 0.29) is 0 Å². The van der Waals surface area contributed by atoms with Crippen molar-refractivity contribution in [3.05, 3.63) is 195 Å². The maximum Gasteiger partial charge on any atom is 0.115 e. The van der Waals surface area contributed by atoms with Crippen molar-refractivity contribution in [3.8, 4) is 55.6 Å². The molecule has 2 nitrogen and oxygen atoms in total. The van der Waals surface area contributed by atoms with Crippen molar-refractivity contribution in [1.29, 1.82) is 0 Å². The predicted molar refractivity (Wildman–Crippen MR) is 219 cm³/mol. The summed E-state index contributed by atoms with van der Waals surface area (Å²) in [5.41, 5.74) is 12.0. The van der Waals surface area contributed by atoms with E-state index in [1.54, 1.807) is 6.33 Å². The van der Waals surface area contributed by atoms with Crippen LogP contribution in [0, 0.1) is 0 Å². The Morgan fingerprint density at radius 3 is 1.02 bits per heavy atom. The van der Waals surface area contributed by atoms with Gasteiger partial charge in [0.1, 0.15) is 6.33 Å². The third kappa shape index (κ3) is 4.88. The first-order valence-corrected chi connectivity index (χ1v) is 17.7. The van der Waals surface area contributed by atoms with E-state index >= 15 is 0 Å². The molecule has 0 atom stereocenters. The number of nitrogens with zero attached hydrogens (tertiary/aromatic N) is 2. The van der Waals surface area contributed by atoms with Crippen LogP contribution < -0.4 is 0 Å². The number of hydrogen-bond acceptors (Lipinski definition) is 2. The van der Waals surface area contributed by atoms with Gasteiger partial charge in [-0.2, -0.15) is 0 Å². The topological polar surface area (TPSA) is 25.8 Å². The minimum atomic E-state index is 1.02. The summed E-state index contributed by atoms with van der Waals surface area (Å²) in [6, 6.07) is 64.1. The molecule has 1 aromatic heterocycles.